The summed E-state index contributed by atoms with van der Waals surface area (Å²) in [6, 6.07) is 0. The number of thioether (sulfide) groups is 1. The van der Waals surface area contributed by atoms with E-state index in [1.54, 1.807) is 0 Å². The van der Waals surface area contributed by atoms with Crippen molar-refractivity contribution in [1.29, 1.82) is 0 Å². The van der Waals surface area contributed by atoms with E-state index >= 15 is 0 Å². The molecule has 1 saturated heterocycles. The lowest BCUT2D eigenvalue weighted by molar-refractivity contribution is 0.442. The fourth-order valence-electron chi connectivity index (χ4n) is 1.44. The quantitative estimate of drug-likeness (QED) is 0.697. The van der Waals surface area contributed by atoms with Crippen LogP contribution in [0.15, 0.2) is 0 Å². The smallest absolute Gasteiger partial charge is 0.0741 e. The average Bonchev–Trinajstić information content (AvgIpc) is 2.50. The van der Waals surface area contributed by atoms with Crippen LogP contribution in [0.2, 0.25) is 0 Å². The molecule has 0 aromatic carbocycles. The molecule has 1 rings (SSSR count). The molecule has 1 aliphatic heterocycles. The fraction of sp³-hybridized carbons (Fsp3) is 0.818. The molecule has 2 heteroatoms. The second-order valence-corrected chi connectivity index (χ2v) is 6.21. The van der Waals surface area contributed by atoms with E-state index in [9.17, 15) is 0 Å². The molecule has 0 aromatic rings. The van der Waals surface area contributed by atoms with E-state index in [4.69, 9.17) is 6.42 Å². The maximum atomic E-state index is 5.41. The van der Waals surface area contributed by atoms with Crippen LogP contribution >= 0.6 is 11.8 Å². The topological polar surface area (TPSA) is 12.0 Å². The molecule has 1 nitrogen and oxygen atoms in total. The Labute approximate surface area is 86.1 Å². The lowest BCUT2D eigenvalue weighted by Crippen LogP contribution is -2.44. The molecular formula is C11H19NS. The Bertz CT molecular complexity index is 209. The summed E-state index contributed by atoms with van der Waals surface area (Å²) < 4.78 is 0.411. The Kier molecular flexibility index (Phi) is 3.32. The van der Waals surface area contributed by atoms with Crippen molar-refractivity contribution < 1.29 is 0 Å². The van der Waals surface area contributed by atoms with Crippen molar-refractivity contribution in [1.82, 2.24) is 5.32 Å². The zero-order valence-corrected chi connectivity index (χ0v) is 9.63. The fourth-order valence-corrected chi connectivity index (χ4v) is 2.68. The van der Waals surface area contributed by atoms with Gasteiger partial charge in [0.15, 0.2) is 0 Å². The Morgan fingerprint density at radius 3 is 2.77 bits per heavy atom. The van der Waals surface area contributed by atoms with Crippen LogP contribution in [0.5, 0.6) is 0 Å². The van der Waals surface area contributed by atoms with E-state index in [2.05, 4.69) is 43.8 Å². The van der Waals surface area contributed by atoms with Gasteiger partial charge in [0.05, 0.1) is 5.54 Å². The SMILES string of the molecule is C#CC(C)(C)NCC1(C)CCCS1. The van der Waals surface area contributed by atoms with E-state index < -0.39 is 0 Å². The predicted molar refractivity (Wildman–Crippen MR) is 61.0 cm³/mol. The molecule has 1 atom stereocenters. The first-order chi connectivity index (χ1) is 5.97. The van der Waals surface area contributed by atoms with Gasteiger partial charge in [-0.3, -0.25) is 0 Å². The first-order valence-corrected chi connectivity index (χ1v) is 5.83. The summed E-state index contributed by atoms with van der Waals surface area (Å²) in [6.45, 7) is 7.45. The van der Waals surface area contributed by atoms with E-state index in [1.165, 1.54) is 18.6 Å². The zero-order chi connectivity index (χ0) is 9.95. The van der Waals surface area contributed by atoms with Crippen molar-refractivity contribution in [3.63, 3.8) is 0 Å². The molecule has 0 saturated carbocycles. The van der Waals surface area contributed by atoms with Crippen LogP contribution in [0.25, 0.3) is 0 Å². The van der Waals surface area contributed by atoms with Gasteiger partial charge in [0, 0.05) is 11.3 Å². The van der Waals surface area contributed by atoms with Gasteiger partial charge in [-0.2, -0.15) is 11.8 Å². The highest BCUT2D eigenvalue weighted by Gasteiger charge is 2.30. The lowest BCUT2D eigenvalue weighted by atomic mass is 10.0. The summed E-state index contributed by atoms with van der Waals surface area (Å²) in [5.41, 5.74) is -0.161. The summed E-state index contributed by atoms with van der Waals surface area (Å²) in [4.78, 5) is 0. The molecule has 1 N–H and O–H groups in total. The van der Waals surface area contributed by atoms with Crippen LogP contribution in [-0.2, 0) is 0 Å². The summed E-state index contributed by atoms with van der Waals surface area (Å²) in [7, 11) is 0. The molecule has 0 bridgehead atoms. The number of terminal acetylenes is 1. The largest absolute Gasteiger partial charge is 0.300 e. The Morgan fingerprint density at radius 2 is 2.31 bits per heavy atom. The minimum Gasteiger partial charge on any atom is -0.300 e. The average molecular weight is 197 g/mol. The van der Waals surface area contributed by atoms with Gasteiger partial charge in [-0.05, 0) is 39.4 Å². The molecule has 0 spiro atoms. The van der Waals surface area contributed by atoms with Crippen LogP contribution in [-0.4, -0.2) is 22.6 Å². The Hall–Kier alpha value is -0.130. The van der Waals surface area contributed by atoms with Crippen LogP contribution in [0.1, 0.15) is 33.6 Å². The lowest BCUT2D eigenvalue weighted by Gasteiger charge is -2.28. The monoisotopic (exact) mass is 197 g/mol. The van der Waals surface area contributed by atoms with Crippen molar-refractivity contribution in [2.45, 2.75) is 43.9 Å². The number of nitrogens with one attached hydrogen (secondary N) is 1. The van der Waals surface area contributed by atoms with Gasteiger partial charge in [-0.1, -0.05) is 5.92 Å². The molecule has 1 heterocycles. The van der Waals surface area contributed by atoms with E-state index in [1.807, 2.05) is 0 Å². The summed E-state index contributed by atoms with van der Waals surface area (Å²) in [5.74, 6) is 4.06. The Morgan fingerprint density at radius 1 is 1.62 bits per heavy atom. The van der Waals surface area contributed by atoms with Crippen molar-refractivity contribution in [3.8, 4) is 12.3 Å². The van der Waals surface area contributed by atoms with Gasteiger partial charge in [-0.15, -0.1) is 6.42 Å². The predicted octanol–water partition coefficient (Wildman–Crippen LogP) is 2.27. The van der Waals surface area contributed by atoms with Gasteiger partial charge in [0.25, 0.3) is 0 Å². The molecule has 0 aliphatic carbocycles. The van der Waals surface area contributed by atoms with Crippen LogP contribution < -0.4 is 5.32 Å². The second-order valence-electron chi connectivity index (χ2n) is 4.52. The number of hydrogen-bond acceptors (Lipinski definition) is 2. The third-order valence-electron chi connectivity index (χ3n) is 2.57. The summed E-state index contributed by atoms with van der Waals surface area (Å²) in [6.07, 6.45) is 8.07. The van der Waals surface area contributed by atoms with Gasteiger partial charge in [0.1, 0.15) is 0 Å². The molecular weight excluding hydrogens is 178 g/mol. The van der Waals surface area contributed by atoms with Gasteiger partial charge >= 0.3 is 0 Å². The summed E-state index contributed by atoms with van der Waals surface area (Å²) in [5, 5.41) is 3.43. The van der Waals surface area contributed by atoms with Gasteiger partial charge in [-0.25, -0.2) is 0 Å². The number of hydrogen-bond donors (Lipinski definition) is 1. The molecule has 0 radical (unpaired) electrons. The van der Waals surface area contributed by atoms with E-state index in [-0.39, 0.29) is 5.54 Å². The van der Waals surface area contributed by atoms with Crippen LogP contribution in [0.3, 0.4) is 0 Å². The number of rotatable bonds is 3. The molecule has 1 fully saturated rings. The van der Waals surface area contributed by atoms with Crippen molar-refractivity contribution >= 4 is 11.8 Å². The van der Waals surface area contributed by atoms with E-state index in [0.29, 0.717) is 4.75 Å². The minimum absolute atomic E-state index is 0.161. The van der Waals surface area contributed by atoms with Gasteiger partial charge < -0.3 is 5.32 Å². The molecule has 0 amide bonds. The summed E-state index contributed by atoms with van der Waals surface area (Å²) >= 11 is 2.06. The van der Waals surface area contributed by atoms with Crippen LogP contribution in [0.4, 0.5) is 0 Å². The van der Waals surface area contributed by atoms with Crippen LogP contribution in [0, 0.1) is 12.3 Å². The molecule has 1 unspecified atom stereocenters. The highest BCUT2D eigenvalue weighted by Crippen LogP contribution is 2.37. The molecule has 13 heavy (non-hydrogen) atoms. The standard InChI is InChI=1S/C11H19NS/c1-5-10(2,3)12-9-11(4)7-6-8-13-11/h1,12H,6-9H2,2-4H3. The zero-order valence-electron chi connectivity index (χ0n) is 8.81. The van der Waals surface area contributed by atoms with Crippen molar-refractivity contribution in [3.05, 3.63) is 0 Å². The van der Waals surface area contributed by atoms with Crippen molar-refractivity contribution in [2.24, 2.45) is 0 Å². The third kappa shape index (κ3) is 3.25. The molecule has 74 valence electrons. The third-order valence-corrected chi connectivity index (χ3v) is 4.10. The second kappa shape index (κ2) is 3.94. The molecule has 1 aliphatic rings. The van der Waals surface area contributed by atoms with Crippen molar-refractivity contribution in [2.75, 3.05) is 12.3 Å². The molecule has 0 aromatic heterocycles. The minimum atomic E-state index is -0.161. The first-order valence-electron chi connectivity index (χ1n) is 4.84. The Balaban J connectivity index is 2.38. The van der Waals surface area contributed by atoms with E-state index in [0.717, 1.165) is 6.54 Å². The normalized spacial score (nSPS) is 28.8. The maximum absolute atomic E-state index is 5.41. The highest BCUT2D eigenvalue weighted by atomic mass is 32.2. The van der Waals surface area contributed by atoms with Gasteiger partial charge in [0.2, 0.25) is 0 Å². The first kappa shape index (κ1) is 10.9. The maximum Gasteiger partial charge on any atom is 0.0741 e. The highest BCUT2D eigenvalue weighted by molar-refractivity contribution is 8.00.